The number of benzene rings is 3. The Morgan fingerprint density at radius 2 is 1.59 bits per heavy atom. The fourth-order valence-electron chi connectivity index (χ4n) is 2.70. The zero-order valence-electron chi connectivity index (χ0n) is 14.9. The molecule has 0 radical (unpaired) electrons. The number of rotatable bonds is 4. The normalized spacial score (nSPS) is 10.7. The summed E-state index contributed by atoms with van der Waals surface area (Å²) in [6, 6.07) is 19.4. The van der Waals surface area contributed by atoms with Gasteiger partial charge in [0.15, 0.2) is 0 Å². The van der Waals surface area contributed by atoms with E-state index in [0.29, 0.717) is 27.6 Å². The lowest BCUT2D eigenvalue weighted by molar-refractivity contribution is 0.102. The van der Waals surface area contributed by atoms with E-state index in [2.05, 4.69) is 5.32 Å². The van der Waals surface area contributed by atoms with Gasteiger partial charge in [0.05, 0.1) is 0 Å². The van der Waals surface area contributed by atoms with Crippen LogP contribution in [0.25, 0.3) is 11.0 Å². The number of carbonyl (C=O) groups is 1. The minimum Gasteiger partial charge on any atom is -0.508 e. The molecule has 6 nitrogen and oxygen atoms in total. The van der Waals surface area contributed by atoms with Crippen molar-refractivity contribution in [1.29, 1.82) is 0 Å². The number of hydrogen-bond acceptors (Lipinski definition) is 5. The molecule has 0 saturated heterocycles. The van der Waals surface area contributed by atoms with Gasteiger partial charge >= 0.3 is 5.63 Å². The number of carbonyl (C=O) groups excluding carboxylic acids is 1. The lowest BCUT2D eigenvalue weighted by atomic mass is 10.1. The molecule has 1 amide bonds. The summed E-state index contributed by atoms with van der Waals surface area (Å²) < 4.78 is 10.8. The molecule has 0 saturated carbocycles. The Hall–Kier alpha value is -3.77. The second kappa shape index (κ2) is 7.69. The van der Waals surface area contributed by atoms with Crippen molar-refractivity contribution in [2.75, 3.05) is 5.32 Å². The number of hydrogen-bond donors (Lipinski definition) is 2. The number of anilines is 1. The summed E-state index contributed by atoms with van der Waals surface area (Å²) in [7, 11) is 0. The summed E-state index contributed by atoms with van der Waals surface area (Å²) in [4.78, 5) is 24.6. The molecule has 0 spiro atoms. The molecule has 0 atom stereocenters. The van der Waals surface area contributed by atoms with Crippen LogP contribution in [0.5, 0.6) is 17.2 Å². The first-order chi connectivity index (χ1) is 14.0. The quantitative estimate of drug-likeness (QED) is 0.454. The molecule has 0 aliphatic carbocycles. The number of nitrogens with one attached hydrogen (secondary N) is 1. The third kappa shape index (κ3) is 4.23. The van der Waals surface area contributed by atoms with Crippen LogP contribution in [-0.2, 0) is 0 Å². The predicted octanol–water partition coefficient (Wildman–Crippen LogP) is 5.20. The molecule has 0 unspecified atom stereocenters. The molecule has 29 heavy (non-hydrogen) atoms. The highest BCUT2D eigenvalue weighted by atomic mass is 35.5. The Morgan fingerprint density at radius 3 is 2.28 bits per heavy atom. The number of amides is 1. The highest BCUT2D eigenvalue weighted by Crippen LogP contribution is 2.25. The second-order valence-electron chi connectivity index (χ2n) is 6.20. The van der Waals surface area contributed by atoms with Gasteiger partial charge in [-0.1, -0.05) is 11.6 Å². The maximum atomic E-state index is 12.5. The third-order valence-electron chi connectivity index (χ3n) is 4.13. The van der Waals surface area contributed by atoms with E-state index in [4.69, 9.17) is 20.8 Å². The van der Waals surface area contributed by atoms with Crippen molar-refractivity contribution < 1.29 is 19.1 Å². The van der Waals surface area contributed by atoms with E-state index in [1.807, 2.05) is 0 Å². The second-order valence-corrected chi connectivity index (χ2v) is 6.64. The summed E-state index contributed by atoms with van der Waals surface area (Å²) in [6.45, 7) is 0. The summed E-state index contributed by atoms with van der Waals surface area (Å²) in [5, 5.41) is 13.3. The lowest BCUT2D eigenvalue weighted by Crippen LogP contribution is -2.20. The minimum absolute atomic E-state index is 0.0289. The summed E-state index contributed by atoms with van der Waals surface area (Å²) in [5.74, 6) is 0.584. The molecule has 0 fully saturated rings. The van der Waals surface area contributed by atoms with Gasteiger partial charge in [0, 0.05) is 22.2 Å². The average Bonchev–Trinajstić information content (AvgIpc) is 2.70. The van der Waals surface area contributed by atoms with Gasteiger partial charge < -0.3 is 19.6 Å². The fourth-order valence-corrected chi connectivity index (χ4v) is 2.83. The summed E-state index contributed by atoms with van der Waals surface area (Å²) in [5.41, 5.74) is -0.230. The molecular weight excluding hydrogens is 394 g/mol. The molecule has 4 rings (SSSR count). The molecule has 144 valence electrons. The van der Waals surface area contributed by atoms with E-state index in [0.717, 1.165) is 0 Å². The van der Waals surface area contributed by atoms with Gasteiger partial charge in [-0.2, -0.15) is 0 Å². The maximum Gasteiger partial charge on any atom is 0.349 e. The number of ether oxygens (including phenoxy) is 1. The fraction of sp³-hybridized carbons (Fsp3) is 0. The van der Waals surface area contributed by atoms with Crippen molar-refractivity contribution in [3.63, 3.8) is 0 Å². The van der Waals surface area contributed by atoms with E-state index in [1.54, 1.807) is 54.6 Å². The number of phenols is 1. The van der Waals surface area contributed by atoms with Gasteiger partial charge in [0.1, 0.15) is 28.4 Å². The van der Waals surface area contributed by atoms with E-state index >= 15 is 0 Å². The van der Waals surface area contributed by atoms with Gasteiger partial charge in [-0.15, -0.1) is 0 Å². The maximum absolute atomic E-state index is 12.5. The van der Waals surface area contributed by atoms with Crippen LogP contribution in [0, 0.1) is 0 Å². The number of fused-ring (bicyclic) bond motifs is 1. The third-order valence-corrected chi connectivity index (χ3v) is 4.38. The Labute approximate surface area is 169 Å². The Kier molecular flexibility index (Phi) is 4.93. The van der Waals surface area contributed by atoms with Crippen molar-refractivity contribution in [3.05, 3.63) is 93.8 Å². The van der Waals surface area contributed by atoms with Crippen LogP contribution in [0.4, 0.5) is 5.69 Å². The molecule has 7 heteroatoms. The van der Waals surface area contributed by atoms with Crippen LogP contribution in [0.15, 0.2) is 82.0 Å². The summed E-state index contributed by atoms with van der Waals surface area (Å²) in [6.07, 6.45) is 0. The van der Waals surface area contributed by atoms with E-state index in [9.17, 15) is 14.7 Å². The first kappa shape index (κ1) is 18.6. The molecule has 0 aliphatic heterocycles. The molecule has 2 N–H and O–H groups in total. The first-order valence-electron chi connectivity index (χ1n) is 8.60. The van der Waals surface area contributed by atoms with Crippen LogP contribution < -0.4 is 15.7 Å². The molecule has 0 bridgehead atoms. The van der Waals surface area contributed by atoms with Crippen molar-refractivity contribution in [2.24, 2.45) is 0 Å². The van der Waals surface area contributed by atoms with Crippen molar-refractivity contribution in [3.8, 4) is 17.2 Å². The minimum atomic E-state index is -0.789. The van der Waals surface area contributed by atoms with Crippen LogP contribution in [-0.4, -0.2) is 11.0 Å². The van der Waals surface area contributed by atoms with Gasteiger partial charge in [-0.3, -0.25) is 4.79 Å². The molecule has 1 heterocycles. The van der Waals surface area contributed by atoms with E-state index in [1.165, 1.54) is 18.2 Å². The smallest absolute Gasteiger partial charge is 0.349 e. The Balaban J connectivity index is 1.50. The van der Waals surface area contributed by atoms with Crippen molar-refractivity contribution >= 4 is 34.2 Å². The molecule has 3 aromatic carbocycles. The average molecular weight is 408 g/mol. The predicted molar refractivity (Wildman–Crippen MR) is 110 cm³/mol. The highest BCUT2D eigenvalue weighted by Gasteiger charge is 2.14. The van der Waals surface area contributed by atoms with E-state index < -0.39 is 11.5 Å². The number of phenolic OH excluding ortho intramolecular Hbond substituents is 1. The number of halogens is 1. The van der Waals surface area contributed by atoms with Crippen molar-refractivity contribution in [2.45, 2.75) is 0 Å². The molecule has 1 aromatic heterocycles. The van der Waals surface area contributed by atoms with Crippen molar-refractivity contribution in [1.82, 2.24) is 0 Å². The van der Waals surface area contributed by atoms with Crippen LogP contribution in [0.2, 0.25) is 5.02 Å². The van der Waals surface area contributed by atoms with Gasteiger partial charge in [-0.25, -0.2) is 4.79 Å². The molecule has 4 aromatic rings. The van der Waals surface area contributed by atoms with Gasteiger partial charge in [0.25, 0.3) is 5.91 Å². The van der Waals surface area contributed by atoms with Gasteiger partial charge in [-0.05, 0) is 66.7 Å². The first-order valence-corrected chi connectivity index (χ1v) is 8.97. The summed E-state index contributed by atoms with van der Waals surface area (Å²) >= 11 is 5.85. The topological polar surface area (TPSA) is 88.8 Å². The lowest BCUT2D eigenvalue weighted by Gasteiger charge is -2.08. The molecular formula is C22H14ClNO5. The SMILES string of the molecule is O=C(Nc1ccc(Oc2ccc(Cl)cc2)cc1)c1cc2ccc(O)cc2oc1=O. The van der Waals surface area contributed by atoms with E-state index in [-0.39, 0.29) is 16.9 Å². The number of aromatic hydroxyl groups is 1. The monoisotopic (exact) mass is 407 g/mol. The zero-order chi connectivity index (χ0) is 20.4. The van der Waals surface area contributed by atoms with Crippen LogP contribution in [0.1, 0.15) is 10.4 Å². The van der Waals surface area contributed by atoms with Crippen LogP contribution in [0.3, 0.4) is 0 Å². The standard InChI is InChI=1S/C22H14ClNO5/c23-14-2-7-17(8-3-14)28-18-9-4-15(5-10-18)24-21(26)19-11-13-1-6-16(25)12-20(13)29-22(19)27/h1-12,25H,(H,24,26). The van der Waals surface area contributed by atoms with Gasteiger partial charge in [0.2, 0.25) is 0 Å². The van der Waals surface area contributed by atoms with Crippen LogP contribution >= 0.6 is 11.6 Å². The Morgan fingerprint density at radius 1 is 0.931 bits per heavy atom. The highest BCUT2D eigenvalue weighted by molar-refractivity contribution is 6.30. The molecule has 0 aliphatic rings. The largest absolute Gasteiger partial charge is 0.508 e. The zero-order valence-corrected chi connectivity index (χ0v) is 15.6. The Bertz CT molecular complexity index is 1250.